The average molecular weight is 223 g/mol. The molecule has 15 heavy (non-hydrogen) atoms. The molecular weight excluding hydrogens is 206 g/mol. The molecule has 1 saturated heterocycles. The Morgan fingerprint density at radius 2 is 1.80 bits per heavy atom. The summed E-state index contributed by atoms with van der Waals surface area (Å²) in [7, 11) is 0. The van der Waals surface area contributed by atoms with Gasteiger partial charge in [-0.3, -0.25) is 0 Å². The fourth-order valence-electron chi connectivity index (χ4n) is 1.39. The van der Waals surface area contributed by atoms with Crippen LogP contribution in [0.25, 0.3) is 0 Å². The first-order valence-electron chi connectivity index (χ1n) is 4.74. The van der Waals surface area contributed by atoms with Crippen molar-refractivity contribution in [3.8, 4) is 0 Å². The van der Waals surface area contributed by atoms with Gasteiger partial charge in [0.1, 0.15) is 24.4 Å². The van der Waals surface area contributed by atoms with Gasteiger partial charge in [0.05, 0.1) is 13.2 Å². The molecule has 0 spiro atoms. The van der Waals surface area contributed by atoms with Crippen molar-refractivity contribution in [3.63, 3.8) is 0 Å². The molecule has 6 N–H and O–H groups in total. The van der Waals surface area contributed by atoms with Gasteiger partial charge in [-0.2, -0.15) is 0 Å². The minimum absolute atomic E-state index is 0.155. The van der Waals surface area contributed by atoms with Crippen molar-refractivity contribution in [1.29, 1.82) is 0 Å². The van der Waals surface area contributed by atoms with E-state index in [0.717, 1.165) is 0 Å². The molecule has 5 atom stereocenters. The molecule has 0 aliphatic carbocycles. The second kappa shape index (κ2) is 5.71. The first kappa shape index (κ1) is 12.8. The summed E-state index contributed by atoms with van der Waals surface area (Å²) < 4.78 is 10.1. The van der Waals surface area contributed by atoms with Crippen molar-refractivity contribution in [3.05, 3.63) is 0 Å². The molecule has 1 aliphatic rings. The molecule has 0 saturated carbocycles. The number of ether oxygens (including phenoxy) is 2. The average Bonchev–Trinajstić information content (AvgIpc) is 2.25. The van der Waals surface area contributed by atoms with E-state index in [1.54, 1.807) is 0 Å². The van der Waals surface area contributed by atoms with Gasteiger partial charge < -0.3 is 35.6 Å². The minimum Gasteiger partial charge on any atom is -0.394 e. The van der Waals surface area contributed by atoms with E-state index >= 15 is 0 Å². The van der Waals surface area contributed by atoms with Crippen LogP contribution in [0, 0.1) is 0 Å². The Kier molecular flexibility index (Phi) is 4.87. The number of aliphatic hydroxyl groups excluding tert-OH is 4. The van der Waals surface area contributed by atoms with Crippen LogP contribution < -0.4 is 5.73 Å². The van der Waals surface area contributed by atoms with E-state index < -0.39 is 37.3 Å². The van der Waals surface area contributed by atoms with Crippen LogP contribution in [0.3, 0.4) is 0 Å². The van der Waals surface area contributed by atoms with Crippen molar-refractivity contribution < 1.29 is 29.9 Å². The van der Waals surface area contributed by atoms with E-state index in [1.165, 1.54) is 0 Å². The molecule has 0 unspecified atom stereocenters. The van der Waals surface area contributed by atoms with Crippen LogP contribution in [0.1, 0.15) is 0 Å². The van der Waals surface area contributed by atoms with Crippen LogP contribution in [0.5, 0.6) is 0 Å². The van der Waals surface area contributed by atoms with E-state index in [0.29, 0.717) is 0 Å². The molecule has 7 heteroatoms. The normalized spacial score (nSPS) is 41.8. The van der Waals surface area contributed by atoms with Gasteiger partial charge >= 0.3 is 0 Å². The topological polar surface area (TPSA) is 125 Å². The van der Waals surface area contributed by atoms with E-state index in [1.807, 2.05) is 0 Å². The summed E-state index contributed by atoms with van der Waals surface area (Å²) in [6.07, 6.45) is -6.13. The van der Waals surface area contributed by atoms with Gasteiger partial charge in [0.15, 0.2) is 6.29 Å². The fraction of sp³-hybridized carbons (Fsp3) is 1.00. The van der Waals surface area contributed by atoms with Crippen LogP contribution in [-0.4, -0.2) is 70.9 Å². The molecule has 0 amide bonds. The predicted molar refractivity (Wildman–Crippen MR) is 48.8 cm³/mol. The largest absolute Gasteiger partial charge is 0.394 e. The Morgan fingerprint density at radius 1 is 1.13 bits per heavy atom. The molecule has 0 aromatic heterocycles. The SMILES string of the molecule is NCCO[C@H]1O[C@H](CO)[C@H](O)[C@H](O)[C@H]1O. The lowest BCUT2D eigenvalue weighted by Gasteiger charge is -2.39. The maximum Gasteiger partial charge on any atom is 0.186 e. The number of nitrogens with two attached hydrogens (primary N) is 1. The summed E-state index contributed by atoms with van der Waals surface area (Å²) in [6.45, 7) is -0.0643. The number of hydrogen-bond acceptors (Lipinski definition) is 7. The third kappa shape index (κ3) is 2.85. The summed E-state index contributed by atoms with van der Waals surface area (Å²) in [5.41, 5.74) is 5.20. The monoisotopic (exact) mass is 223 g/mol. The highest BCUT2D eigenvalue weighted by Crippen LogP contribution is 2.21. The van der Waals surface area contributed by atoms with Crippen LogP contribution >= 0.6 is 0 Å². The van der Waals surface area contributed by atoms with Crippen molar-refractivity contribution in [2.45, 2.75) is 30.7 Å². The number of aliphatic hydroxyl groups is 4. The summed E-state index contributed by atoms with van der Waals surface area (Å²) in [5.74, 6) is 0. The molecule has 1 heterocycles. The first-order chi connectivity index (χ1) is 7.11. The van der Waals surface area contributed by atoms with E-state index in [-0.39, 0.29) is 13.2 Å². The lowest BCUT2D eigenvalue weighted by Crippen LogP contribution is -2.59. The van der Waals surface area contributed by atoms with E-state index in [9.17, 15) is 15.3 Å². The van der Waals surface area contributed by atoms with Crippen molar-refractivity contribution in [2.24, 2.45) is 5.73 Å². The molecular formula is C8H17NO6. The molecule has 0 radical (unpaired) electrons. The van der Waals surface area contributed by atoms with Gasteiger partial charge in [-0.1, -0.05) is 0 Å². The van der Waals surface area contributed by atoms with E-state index in [4.69, 9.17) is 20.3 Å². The standard InChI is InChI=1S/C8H17NO6/c9-1-2-14-8-7(13)6(12)5(11)4(3-10)15-8/h4-8,10-13H,1-3,9H2/t4-,5+,6+,7-,8+/m1/s1. The van der Waals surface area contributed by atoms with Crippen molar-refractivity contribution in [2.75, 3.05) is 19.8 Å². The summed E-state index contributed by atoms with van der Waals surface area (Å²) in [5, 5.41) is 37.1. The number of rotatable bonds is 4. The number of hydrogen-bond donors (Lipinski definition) is 5. The minimum atomic E-state index is -1.40. The van der Waals surface area contributed by atoms with Gasteiger partial charge in [0.25, 0.3) is 0 Å². The third-order valence-electron chi connectivity index (χ3n) is 2.25. The maximum atomic E-state index is 9.47. The molecule has 0 bridgehead atoms. The summed E-state index contributed by atoms with van der Waals surface area (Å²) in [6, 6.07) is 0. The Morgan fingerprint density at radius 3 is 2.33 bits per heavy atom. The third-order valence-corrected chi connectivity index (χ3v) is 2.25. The Hall–Kier alpha value is -0.280. The van der Waals surface area contributed by atoms with Gasteiger partial charge in [0.2, 0.25) is 0 Å². The predicted octanol–water partition coefficient (Wildman–Crippen LogP) is -3.24. The molecule has 1 rings (SSSR count). The summed E-state index contributed by atoms with van der Waals surface area (Å²) >= 11 is 0. The lowest BCUT2D eigenvalue weighted by atomic mass is 9.99. The Labute approximate surface area is 87.0 Å². The van der Waals surface area contributed by atoms with Gasteiger partial charge in [-0.15, -0.1) is 0 Å². The second-order valence-corrected chi connectivity index (χ2v) is 3.36. The van der Waals surface area contributed by atoms with Gasteiger partial charge in [-0.05, 0) is 0 Å². The highest BCUT2D eigenvalue weighted by atomic mass is 16.7. The quantitative estimate of drug-likeness (QED) is 0.339. The Balaban J connectivity index is 2.57. The van der Waals surface area contributed by atoms with Crippen molar-refractivity contribution in [1.82, 2.24) is 0 Å². The maximum absolute atomic E-state index is 9.47. The molecule has 1 aliphatic heterocycles. The van der Waals surface area contributed by atoms with E-state index in [2.05, 4.69) is 0 Å². The van der Waals surface area contributed by atoms with Crippen LogP contribution in [-0.2, 0) is 9.47 Å². The molecule has 7 nitrogen and oxygen atoms in total. The first-order valence-corrected chi connectivity index (χ1v) is 4.74. The van der Waals surface area contributed by atoms with Crippen LogP contribution in [0.15, 0.2) is 0 Å². The highest BCUT2D eigenvalue weighted by molar-refractivity contribution is 4.88. The zero-order valence-electron chi connectivity index (χ0n) is 8.19. The summed E-state index contributed by atoms with van der Waals surface area (Å²) in [4.78, 5) is 0. The zero-order valence-corrected chi connectivity index (χ0v) is 8.19. The lowest BCUT2D eigenvalue weighted by molar-refractivity contribution is -0.300. The van der Waals surface area contributed by atoms with Gasteiger partial charge in [0, 0.05) is 6.54 Å². The highest BCUT2D eigenvalue weighted by Gasteiger charge is 2.43. The van der Waals surface area contributed by atoms with Gasteiger partial charge in [-0.25, -0.2) is 0 Å². The van der Waals surface area contributed by atoms with Crippen LogP contribution in [0.4, 0.5) is 0 Å². The molecule has 1 fully saturated rings. The molecule has 0 aromatic rings. The second-order valence-electron chi connectivity index (χ2n) is 3.36. The Bertz CT molecular complexity index is 190. The molecule has 0 aromatic carbocycles. The molecule has 90 valence electrons. The zero-order chi connectivity index (χ0) is 11.4. The van der Waals surface area contributed by atoms with Crippen LogP contribution in [0.2, 0.25) is 0 Å². The van der Waals surface area contributed by atoms with Crippen molar-refractivity contribution >= 4 is 0 Å². The smallest absolute Gasteiger partial charge is 0.186 e. The fourth-order valence-corrected chi connectivity index (χ4v) is 1.39.